The lowest BCUT2D eigenvalue weighted by molar-refractivity contribution is -0.128. The molecule has 1 aromatic rings. The number of hydrogen-bond acceptors (Lipinski definition) is 3. The van der Waals surface area contributed by atoms with Gasteiger partial charge in [-0.15, -0.1) is 12.4 Å². The molecule has 1 aromatic carbocycles. The maximum Gasteiger partial charge on any atom is 0.225 e. The lowest BCUT2D eigenvalue weighted by Crippen LogP contribution is -2.52. The molecular weight excluding hydrogens is 300 g/mol. The number of benzene rings is 1. The third-order valence-corrected chi connectivity index (χ3v) is 4.47. The predicted molar refractivity (Wildman–Crippen MR) is 91.4 cm³/mol. The molecule has 2 unspecified atom stereocenters. The Balaban J connectivity index is 0.00000242. The second kappa shape index (κ2) is 7.84. The first-order valence-electron chi connectivity index (χ1n) is 7.64. The van der Waals surface area contributed by atoms with Crippen LogP contribution in [0.3, 0.4) is 0 Å². The number of halogens is 1. The molecule has 0 heterocycles. The third-order valence-electron chi connectivity index (χ3n) is 4.47. The number of rotatable bonds is 4. The van der Waals surface area contributed by atoms with Gasteiger partial charge < -0.3 is 15.8 Å². The van der Waals surface area contributed by atoms with Gasteiger partial charge in [0, 0.05) is 17.6 Å². The van der Waals surface area contributed by atoms with Gasteiger partial charge in [0.25, 0.3) is 0 Å². The highest BCUT2D eigenvalue weighted by Gasteiger charge is 2.37. The number of amides is 1. The molecule has 5 heteroatoms. The average molecular weight is 327 g/mol. The number of ether oxygens (including phenoxy) is 1. The summed E-state index contributed by atoms with van der Waals surface area (Å²) in [6.45, 7) is 4.49. The summed E-state index contributed by atoms with van der Waals surface area (Å²) in [5, 5.41) is 3.02. The standard InChI is InChI=1S/C17H26N2O2.ClH/c1-12-7-8-13(15(10-12)21-3)11-19-16(20)14-6-4-5-9-17(14,2)18;/h7-8,10,14H,4-6,9,11,18H2,1-3H3,(H,19,20);1H. The first-order chi connectivity index (χ1) is 9.94. The van der Waals surface area contributed by atoms with Gasteiger partial charge in [-0.25, -0.2) is 0 Å². The fourth-order valence-electron chi connectivity index (χ4n) is 3.09. The fourth-order valence-corrected chi connectivity index (χ4v) is 3.09. The Bertz CT molecular complexity index is 517. The van der Waals surface area contributed by atoms with Crippen LogP contribution in [-0.2, 0) is 11.3 Å². The number of nitrogens with one attached hydrogen (secondary N) is 1. The molecule has 22 heavy (non-hydrogen) atoms. The van der Waals surface area contributed by atoms with E-state index in [1.807, 2.05) is 32.0 Å². The molecule has 0 aliphatic heterocycles. The van der Waals surface area contributed by atoms with Crippen LogP contribution in [0, 0.1) is 12.8 Å². The zero-order valence-corrected chi connectivity index (χ0v) is 14.5. The lowest BCUT2D eigenvalue weighted by atomic mass is 9.74. The Morgan fingerprint density at radius 1 is 1.45 bits per heavy atom. The normalized spacial score (nSPS) is 24.3. The summed E-state index contributed by atoms with van der Waals surface area (Å²) in [5.74, 6) is 0.777. The largest absolute Gasteiger partial charge is 0.496 e. The molecule has 1 amide bonds. The molecular formula is C17H27ClN2O2. The van der Waals surface area contributed by atoms with Crippen molar-refractivity contribution < 1.29 is 9.53 Å². The Morgan fingerprint density at radius 3 is 2.82 bits per heavy atom. The highest BCUT2D eigenvalue weighted by Crippen LogP contribution is 2.31. The van der Waals surface area contributed by atoms with Crippen molar-refractivity contribution in [2.24, 2.45) is 11.7 Å². The molecule has 0 radical (unpaired) electrons. The Kier molecular flexibility index (Phi) is 6.69. The molecule has 1 aliphatic rings. The first kappa shape index (κ1) is 18.8. The molecule has 4 nitrogen and oxygen atoms in total. The summed E-state index contributed by atoms with van der Waals surface area (Å²) in [7, 11) is 1.65. The Labute approximate surface area is 139 Å². The van der Waals surface area contributed by atoms with Gasteiger partial charge in [0.15, 0.2) is 0 Å². The SMILES string of the molecule is COc1cc(C)ccc1CNC(=O)C1CCCCC1(C)N.Cl. The fraction of sp³-hybridized carbons (Fsp3) is 0.588. The summed E-state index contributed by atoms with van der Waals surface area (Å²) in [4.78, 5) is 12.4. The van der Waals surface area contributed by atoms with Gasteiger partial charge in [-0.2, -0.15) is 0 Å². The maximum atomic E-state index is 12.4. The third kappa shape index (κ3) is 4.37. The predicted octanol–water partition coefficient (Wildman–Crippen LogP) is 2.95. The molecule has 1 fully saturated rings. The van der Waals surface area contributed by atoms with Crippen LogP contribution in [0.25, 0.3) is 0 Å². The molecule has 0 aromatic heterocycles. The molecule has 2 atom stereocenters. The van der Waals surface area contributed by atoms with E-state index in [1.165, 1.54) is 0 Å². The van der Waals surface area contributed by atoms with E-state index in [4.69, 9.17) is 10.5 Å². The number of carbonyl (C=O) groups excluding carboxylic acids is 1. The van der Waals surface area contributed by atoms with Crippen LogP contribution >= 0.6 is 12.4 Å². The number of methoxy groups -OCH3 is 1. The Morgan fingerprint density at radius 2 is 2.18 bits per heavy atom. The minimum Gasteiger partial charge on any atom is -0.496 e. The first-order valence-corrected chi connectivity index (χ1v) is 7.64. The van der Waals surface area contributed by atoms with Gasteiger partial charge in [-0.1, -0.05) is 25.0 Å². The van der Waals surface area contributed by atoms with E-state index in [2.05, 4.69) is 5.32 Å². The van der Waals surface area contributed by atoms with Crippen molar-refractivity contribution in [1.82, 2.24) is 5.32 Å². The number of hydrogen-bond donors (Lipinski definition) is 2. The zero-order valence-electron chi connectivity index (χ0n) is 13.6. The Hall–Kier alpha value is -1.26. The smallest absolute Gasteiger partial charge is 0.225 e. The van der Waals surface area contributed by atoms with Crippen molar-refractivity contribution in [3.05, 3.63) is 29.3 Å². The highest BCUT2D eigenvalue weighted by atomic mass is 35.5. The topological polar surface area (TPSA) is 64.3 Å². The second-order valence-corrected chi connectivity index (χ2v) is 6.34. The van der Waals surface area contributed by atoms with E-state index in [0.29, 0.717) is 6.54 Å². The maximum absolute atomic E-state index is 12.4. The molecule has 3 N–H and O–H groups in total. The molecule has 1 aliphatic carbocycles. The molecule has 2 rings (SSSR count). The van der Waals surface area contributed by atoms with Crippen LogP contribution in [-0.4, -0.2) is 18.6 Å². The van der Waals surface area contributed by atoms with Crippen LogP contribution in [0.5, 0.6) is 5.75 Å². The summed E-state index contributed by atoms with van der Waals surface area (Å²) >= 11 is 0. The monoisotopic (exact) mass is 326 g/mol. The van der Waals surface area contributed by atoms with Crippen molar-refractivity contribution in [2.45, 2.75) is 51.6 Å². The van der Waals surface area contributed by atoms with E-state index in [0.717, 1.165) is 42.6 Å². The van der Waals surface area contributed by atoms with Crippen LogP contribution in [0.2, 0.25) is 0 Å². The van der Waals surface area contributed by atoms with Gasteiger partial charge in [0.2, 0.25) is 5.91 Å². The van der Waals surface area contributed by atoms with Gasteiger partial charge in [0.05, 0.1) is 13.0 Å². The minimum atomic E-state index is -0.389. The van der Waals surface area contributed by atoms with E-state index in [-0.39, 0.29) is 29.8 Å². The zero-order chi connectivity index (χ0) is 15.5. The number of aryl methyl sites for hydroxylation is 1. The van der Waals surface area contributed by atoms with E-state index >= 15 is 0 Å². The van der Waals surface area contributed by atoms with Crippen LogP contribution < -0.4 is 15.8 Å². The number of carbonyl (C=O) groups is 1. The van der Waals surface area contributed by atoms with Gasteiger partial charge in [0.1, 0.15) is 5.75 Å². The van der Waals surface area contributed by atoms with Crippen LogP contribution in [0.1, 0.15) is 43.7 Å². The van der Waals surface area contributed by atoms with Crippen LogP contribution in [0.4, 0.5) is 0 Å². The summed E-state index contributed by atoms with van der Waals surface area (Å²) in [6, 6.07) is 6.00. The number of nitrogens with two attached hydrogens (primary N) is 1. The molecule has 1 saturated carbocycles. The molecule has 0 saturated heterocycles. The quantitative estimate of drug-likeness (QED) is 0.894. The summed E-state index contributed by atoms with van der Waals surface area (Å²) in [6.07, 6.45) is 3.99. The average Bonchev–Trinajstić information content (AvgIpc) is 2.45. The van der Waals surface area contributed by atoms with Crippen molar-refractivity contribution in [3.8, 4) is 5.75 Å². The van der Waals surface area contributed by atoms with Gasteiger partial charge in [-0.3, -0.25) is 4.79 Å². The van der Waals surface area contributed by atoms with E-state index in [1.54, 1.807) is 7.11 Å². The van der Waals surface area contributed by atoms with Gasteiger partial charge in [-0.05, 0) is 38.3 Å². The van der Waals surface area contributed by atoms with Crippen molar-refractivity contribution in [2.75, 3.05) is 7.11 Å². The van der Waals surface area contributed by atoms with Crippen LogP contribution in [0.15, 0.2) is 18.2 Å². The molecule has 124 valence electrons. The molecule has 0 bridgehead atoms. The highest BCUT2D eigenvalue weighted by molar-refractivity contribution is 5.85. The van der Waals surface area contributed by atoms with Gasteiger partial charge >= 0.3 is 0 Å². The second-order valence-electron chi connectivity index (χ2n) is 6.34. The minimum absolute atomic E-state index is 0. The molecule has 0 spiro atoms. The van der Waals surface area contributed by atoms with E-state index < -0.39 is 0 Å². The van der Waals surface area contributed by atoms with Crippen molar-refractivity contribution in [1.29, 1.82) is 0 Å². The summed E-state index contributed by atoms with van der Waals surface area (Å²) < 4.78 is 5.37. The van der Waals surface area contributed by atoms with Crippen molar-refractivity contribution >= 4 is 18.3 Å². The lowest BCUT2D eigenvalue weighted by Gasteiger charge is -2.37. The summed E-state index contributed by atoms with van der Waals surface area (Å²) in [5.41, 5.74) is 8.03. The van der Waals surface area contributed by atoms with Crippen molar-refractivity contribution in [3.63, 3.8) is 0 Å². The van der Waals surface area contributed by atoms with E-state index in [9.17, 15) is 4.79 Å².